The van der Waals surface area contributed by atoms with Crippen molar-refractivity contribution in [3.63, 3.8) is 0 Å². The monoisotopic (exact) mass is 279 g/mol. The zero-order valence-electron chi connectivity index (χ0n) is 12.6. The number of nitrogens with zero attached hydrogens (tertiary/aromatic N) is 1. The van der Waals surface area contributed by atoms with Crippen LogP contribution >= 0.6 is 0 Å². The number of carbonyl (C=O) groups excluding carboxylic acids is 1. The van der Waals surface area contributed by atoms with E-state index in [1.807, 2.05) is 12.1 Å². The first-order valence-electron chi connectivity index (χ1n) is 6.93. The highest BCUT2D eigenvalue weighted by atomic mass is 16.5. The van der Waals surface area contributed by atoms with E-state index in [2.05, 4.69) is 36.2 Å². The molecule has 112 valence electrons. The van der Waals surface area contributed by atoms with Crippen LogP contribution in [0.2, 0.25) is 0 Å². The van der Waals surface area contributed by atoms with Crippen molar-refractivity contribution in [1.29, 1.82) is 0 Å². The minimum atomic E-state index is -0.603. The second kappa shape index (κ2) is 8.55. The Morgan fingerprint density at radius 2 is 2.15 bits per heavy atom. The molecule has 1 atom stereocenters. The maximum Gasteiger partial charge on any atom is 0.239 e. The Hall–Kier alpha value is -1.59. The number of hydrogen-bond donors (Lipinski definition) is 2. The third-order valence-electron chi connectivity index (χ3n) is 3.20. The second-order valence-electron chi connectivity index (χ2n) is 4.72. The molecule has 1 aromatic rings. The molecule has 0 spiro atoms. The molecule has 0 bridgehead atoms. The highest BCUT2D eigenvalue weighted by Gasteiger charge is 2.13. The number of nitrogens with one attached hydrogen (secondary N) is 1. The Labute approximate surface area is 121 Å². The van der Waals surface area contributed by atoms with Crippen LogP contribution in [0.1, 0.15) is 12.5 Å². The normalized spacial score (nSPS) is 12.0. The number of rotatable bonds is 8. The van der Waals surface area contributed by atoms with Gasteiger partial charge in [-0.15, -0.1) is 0 Å². The number of ether oxygens (including phenoxy) is 1. The number of hydrogen-bond acceptors (Lipinski definition) is 4. The smallest absolute Gasteiger partial charge is 0.239 e. The van der Waals surface area contributed by atoms with E-state index in [0.717, 1.165) is 13.1 Å². The summed E-state index contributed by atoms with van der Waals surface area (Å²) in [6, 6.07) is 7.63. The lowest BCUT2D eigenvalue weighted by Crippen LogP contribution is -2.45. The molecule has 0 saturated carbocycles. The predicted octanol–water partition coefficient (Wildman–Crippen LogP) is 0.911. The average Bonchev–Trinajstić information content (AvgIpc) is 2.44. The molecule has 1 amide bonds. The number of para-hydroxylation sites is 1. The molecule has 5 nitrogen and oxygen atoms in total. The van der Waals surface area contributed by atoms with Gasteiger partial charge in [-0.1, -0.05) is 18.2 Å². The highest BCUT2D eigenvalue weighted by Crippen LogP contribution is 2.18. The lowest BCUT2D eigenvalue weighted by molar-refractivity contribution is -0.123. The van der Waals surface area contributed by atoms with Crippen molar-refractivity contribution < 1.29 is 9.53 Å². The summed E-state index contributed by atoms with van der Waals surface area (Å²) >= 11 is 0. The number of methoxy groups -OCH3 is 1. The SMILES string of the molecule is CCN(CCNC(=O)C(N)COC)c1ccccc1C. The first-order chi connectivity index (χ1) is 9.60. The minimum Gasteiger partial charge on any atom is -0.383 e. The molecule has 0 radical (unpaired) electrons. The zero-order chi connectivity index (χ0) is 15.0. The fourth-order valence-corrected chi connectivity index (χ4v) is 2.07. The average molecular weight is 279 g/mol. The topological polar surface area (TPSA) is 67.6 Å². The zero-order valence-corrected chi connectivity index (χ0v) is 12.6. The van der Waals surface area contributed by atoms with Crippen LogP contribution in [0.15, 0.2) is 24.3 Å². The number of amides is 1. The highest BCUT2D eigenvalue weighted by molar-refractivity contribution is 5.81. The standard InChI is InChI=1S/C15H25N3O2/c1-4-18(14-8-6-5-7-12(14)2)10-9-17-15(19)13(16)11-20-3/h5-8,13H,4,9-11,16H2,1-3H3,(H,17,19). The number of likely N-dealkylation sites (N-methyl/N-ethyl adjacent to an activating group) is 1. The molecular formula is C15H25N3O2. The number of aryl methyl sites for hydroxylation is 1. The van der Waals surface area contributed by atoms with Gasteiger partial charge in [-0.3, -0.25) is 4.79 Å². The van der Waals surface area contributed by atoms with Gasteiger partial charge in [0.2, 0.25) is 5.91 Å². The molecule has 0 saturated heterocycles. The van der Waals surface area contributed by atoms with Crippen molar-refractivity contribution in [1.82, 2.24) is 5.32 Å². The molecular weight excluding hydrogens is 254 g/mol. The van der Waals surface area contributed by atoms with E-state index in [1.165, 1.54) is 18.4 Å². The van der Waals surface area contributed by atoms with Gasteiger partial charge in [-0.25, -0.2) is 0 Å². The Morgan fingerprint density at radius 1 is 1.45 bits per heavy atom. The Morgan fingerprint density at radius 3 is 2.75 bits per heavy atom. The van der Waals surface area contributed by atoms with E-state index in [1.54, 1.807) is 0 Å². The van der Waals surface area contributed by atoms with Gasteiger partial charge in [0.1, 0.15) is 6.04 Å². The molecule has 20 heavy (non-hydrogen) atoms. The molecule has 1 aromatic carbocycles. The molecule has 0 aliphatic carbocycles. The van der Waals surface area contributed by atoms with Crippen LogP contribution < -0.4 is 16.0 Å². The fraction of sp³-hybridized carbons (Fsp3) is 0.533. The first-order valence-corrected chi connectivity index (χ1v) is 6.93. The Bertz CT molecular complexity index is 423. The van der Waals surface area contributed by atoms with E-state index in [0.29, 0.717) is 6.54 Å². The Kier molecular flexibility index (Phi) is 7.04. The quantitative estimate of drug-likeness (QED) is 0.742. The van der Waals surface area contributed by atoms with Crippen LogP contribution in [0, 0.1) is 6.92 Å². The third-order valence-corrected chi connectivity index (χ3v) is 3.20. The number of benzene rings is 1. The van der Waals surface area contributed by atoms with Crippen molar-refractivity contribution in [3.05, 3.63) is 29.8 Å². The molecule has 0 aliphatic rings. The summed E-state index contributed by atoms with van der Waals surface area (Å²) in [6.45, 7) is 6.65. The third kappa shape index (κ3) is 4.83. The summed E-state index contributed by atoms with van der Waals surface area (Å²) in [4.78, 5) is 13.9. The second-order valence-corrected chi connectivity index (χ2v) is 4.72. The van der Waals surface area contributed by atoms with Crippen molar-refractivity contribution >= 4 is 11.6 Å². The summed E-state index contributed by atoms with van der Waals surface area (Å²) < 4.78 is 4.86. The van der Waals surface area contributed by atoms with E-state index in [4.69, 9.17) is 10.5 Å². The van der Waals surface area contributed by atoms with Crippen LogP contribution in [-0.4, -0.2) is 45.3 Å². The van der Waals surface area contributed by atoms with E-state index >= 15 is 0 Å². The summed E-state index contributed by atoms with van der Waals surface area (Å²) in [7, 11) is 1.53. The van der Waals surface area contributed by atoms with Crippen molar-refractivity contribution in [2.24, 2.45) is 5.73 Å². The lowest BCUT2D eigenvalue weighted by atomic mass is 10.2. The molecule has 1 rings (SSSR count). The van der Waals surface area contributed by atoms with E-state index < -0.39 is 6.04 Å². The van der Waals surface area contributed by atoms with Crippen LogP contribution in [0.4, 0.5) is 5.69 Å². The van der Waals surface area contributed by atoms with Crippen LogP contribution in [0.3, 0.4) is 0 Å². The van der Waals surface area contributed by atoms with Gasteiger partial charge < -0.3 is 20.7 Å². The van der Waals surface area contributed by atoms with Crippen LogP contribution in [0.5, 0.6) is 0 Å². The van der Waals surface area contributed by atoms with Gasteiger partial charge in [0.05, 0.1) is 6.61 Å². The predicted molar refractivity (Wildman–Crippen MR) is 81.9 cm³/mol. The first kappa shape index (κ1) is 16.5. The van der Waals surface area contributed by atoms with E-state index in [-0.39, 0.29) is 12.5 Å². The molecule has 0 heterocycles. The molecule has 3 N–H and O–H groups in total. The lowest BCUT2D eigenvalue weighted by Gasteiger charge is -2.25. The Balaban J connectivity index is 2.47. The van der Waals surface area contributed by atoms with Gasteiger partial charge in [0, 0.05) is 32.4 Å². The van der Waals surface area contributed by atoms with Crippen LogP contribution in [0.25, 0.3) is 0 Å². The molecule has 5 heteroatoms. The number of carbonyl (C=O) groups is 1. The van der Waals surface area contributed by atoms with Gasteiger partial charge in [0.25, 0.3) is 0 Å². The van der Waals surface area contributed by atoms with Crippen molar-refractivity contribution in [2.75, 3.05) is 38.3 Å². The van der Waals surface area contributed by atoms with E-state index in [9.17, 15) is 4.79 Å². The minimum absolute atomic E-state index is 0.173. The molecule has 0 aromatic heterocycles. The van der Waals surface area contributed by atoms with Gasteiger partial charge >= 0.3 is 0 Å². The summed E-state index contributed by atoms with van der Waals surface area (Å²) in [5.41, 5.74) is 8.09. The van der Waals surface area contributed by atoms with Gasteiger partial charge in [-0.05, 0) is 25.5 Å². The van der Waals surface area contributed by atoms with Crippen molar-refractivity contribution in [3.8, 4) is 0 Å². The largest absolute Gasteiger partial charge is 0.383 e. The van der Waals surface area contributed by atoms with Gasteiger partial charge in [-0.2, -0.15) is 0 Å². The molecule has 0 aliphatic heterocycles. The maximum atomic E-state index is 11.7. The summed E-state index contributed by atoms with van der Waals surface area (Å²) in [5.74, 6) is -0.173. The summed E-state index contributed by atoms with van der Waals surface area (Å²) in [5, 5.41) is 2.84. The van der Waals surface area contributed by atoms with Gasteiger partial charge in [0.15, 0.2) is 0 Å². The summed E-state index contributed by atoms with van der Waals surface area (Å²) in [6.07, 6.45) is 0. The van der Waals surface area contributed by atoms with Crippen LogP contribution in [-0.2, 0) is 9.53 Å². The maximum absolute atomic E-state index is 11.7. The number of nitrogens with two attached hydrogens (primary N) is 1. The molecule has 1 unspecified atom stereocenters. The number of anilines is 1. The molecule has 0 fully saturated rings. The fourth-order valence-electron chi connectivity index (χ4n) is 2.07. The van der Waals surface area contributed by atoms with Crippen molar-refractivity contribution in [2.45, 2.75) is 19.9 Å².